The van der Waals surface area contributed by atoms with Crippen LogP contribution in [0, 0.1) is 0 Å². The third-order valence-electron chi connectivity index (χ3n) is 5.17. The number of carbonyl (C=O) groups excluding carboxylic acids is 1. The minimum atomic E-state index is -1.05. The van der Waals surface area contributed by atoms with Crippen molar-refractivity contribution in [3.63, 3.8) is 0 Å². The van der Waals surface area contributed by atoms with Gasteiger partial charge in [-0.1, -0.05) is 24.3 Å². The summed E-state index contributed by atoms with van der Waals surface area (Å²) in [5.41, 5.74) is 2.33. The third kappa shape index (κ3) is 2.95. The van der Waals surface area contributed by atoms with Crippen LogP contribution in [-0.2, 0) is 12.0 Å². The van der Waals surface area contributed by atoms with E-state index in [-0.39, 0.29) is 12.5 Å². The van der Waals surface area contributed by atoms with Crippen molar-refractivity contribution in [1.82, 2.24) is 10.3 Å². The molecule has 0 radical (unpaired) electrons. The van der Waals surface area contributed by atoms with Crippen LogP contribution in [0.1, 0.15) is 34.5 Å². The number of ether oxygens (including phenoxy) is 1. The standard InChI is InChI=1S/C21H22N2O3/c1-26-16-8-9-17-14(11-16)6-4-10-21(17,25)13-22-20(24)19-12-15-5-2-3-7-18(15)23-19/h2-3,5,7-9,11-12,23,25H,4,6,10,13H2,1H3,(H,22,24). The molecule has 3 N–H and O–H groups in total. The molecule has 1 unspecified atom stereocenters. The Balaban J connectivity index is 1.53. The molecule has 1 heterocycles. The van der Waals surface area contributed by atoms with Crippen LogP contribution >= 0.6 is 0 Å². The topological polar surface area (TPSA) is 74.3 Å². The molecule has 0 aliphatic heterocycles. The van der Waals surface area contributed by atoms with Gasteiger partial charge in [0.25, 0.3) is 5.91 Å². The first-order valence-electron chi connectivity index (χ1n) is 8.85. The third-order valence-corrected chi connectivity index (χ3v) is 5.17. The Labute approximate surface area is 152 Å². The maximum atomic E-state index is 12.5. The van der Waals surface area contributed by atoms with Gasteiger partial charge in [0.05, 0.1) is 13.7 Å². The van der Waals surface area contributed by atoms with Crippen LogP contribution in [-0.4, -0.2) is 29.7 Å². The summed E-state index contributed by atoms with van der Waals surface area (Å²) >= 11 is 0. The number of nitrogens with one attached hydrogen (secondary N) is 2. The normalized spacial score (nSPS) is 19.2. The lowest BCUT2D eigenvalue weighted by molar-refractivity contribution is 0.0188. The van der Waals surface area contributed by atoms with Gasteiger partial charge < -0.3 is 20.1 Å². The van der Waals surface area contributed by atoms with E-state index in [9.17, 15) is 9.90 Å². The number of hydrogen-bond acceptors (Lipinski definition) is 3. The molecule has 26 heavy (non-hydrogen) atoms. The fourth-order valence-corrected chi connectivity index (χ4v) is 3.76. The van der Waals surface area contributed by atoms with Crippen molar-refractivity contribution in [3.8, 4) is 5.75 Å². The monoisotopic (exact) mass is 350 g/mol. The zero-order valence-corrected chi connectivity index (χ0v) is 14.7. The highest BCUT2D eigenvalue weighted by atomic mass is 16.5. The van der Waals surface area contributed by atoms with Crippen molar-refractivity contribution in [1.29, 1.82) is 0 Å². The van der Waals surface area contributed by atoms with E-state index < -0.39 is 5.60 Å². The van der Waals surface area contributed by atoms with Gasteiger partial charge in [-0.05, 0) is 54.7 Å². The van der Waals surface area contributed by atoms with E-state index in [2.05, 4.69) is 10.3 Å². The zero-order chi connectivity index (χ0) is 18.1. The largest absolute Gasteiger partial charge is 0.497 e. The molecule has 1 aliphatic rings. The number of fused-ring (bicyclic) bond motifs is 2. The number of carbonyl (C=O) groups is 1. The van der Waals surface area contributed by atoms with Gasteiger partial charge in [0.1, 0.15) is 17.0 Å². The maximum Gasteiger partial charge on any atom is 0.267 e. The second kappa shape index (κ2) is 6.50. The first-order chi connectivity index (χ1) is 12.6. The van der Waals surface area contributed by atoms with Gasteiger partial charge in [-0.2, -0.15) is 0 Å². The Morgan fingerprint density at radius 2 is 2.12 bits per heavy atom. The predicted molar refractivity (Wildman–Crippen MR) is 100 cm³/mol. The van der Waals surface area contributed by atoms with Crippen LogP contribution < -0.4 is 10.1 Å². The molecule has 2 aromatic carbocycles. The van der Waals surface area contributed by atoms with Gasteiger partial charge in [0, 0.05) is 10.9 Å². The number of benzene rings is 2. The smallest absolute Gasteiger partial charge is 0.267 e. The molecule has 1 aliphatic carbocycles. The number of para-hydroxylation sites is 1. The number of methoxy groups -OCH3 is 1. The van der Waals surface area contributed by atoms with Crippen LogP contribution in [0.4, 0.5) is 0 Å². The van der Waals surface area contributed by atoms with Crippen molar-refractivity contribution in [2.75, 3.05) is 13.7 Å². The molecular weight excluding hydrogens is 328 g/mol. The molecule has 1 aromatic heterocycles. The Kier molecular flexibility index (Phi) is 4.17. The Morgan fingerprint density at radius 3 is 2.92 bits per heavy atom. The minimum Gasteiger partial charge on any atom is -0.497 e. The summed E-state index contributed by atoms with van der Waals surface area (Å²) in [6, 6.07) is 15.3. The van der Waals surface area contributed by atoms with E-state index >= 15 is 0 Å². The van der Waals surface area contributed by atoms with E-state index in [0.717, 1.165) is 40.6 Å². The van der Waals surface area contributed by atoms with Gasteiger partial charge in [-0.25, -0.2) is 0 Å². The molecule has 1 amide bonds. The summed E-state index contributed by atoms with van der Waals surface area (Å²) < 4.78 is 5.28. The van der Waals surface area contributed by atoms with Crippen molar-refractivity contribution in [2.24, 2.45) is 0 Å². The molecule has 1 atom stereocenters. The number of aryl methyl sites for hydroxylation is 1. The fraction of sp³-hybridized carbons (Fsp3) is 0.286. The summed E-state index contributed by atoms with van der Waals surface area (Å²) in [6.07, 6.45) is 2.41. The molecule has 5 nitrogen and oxygen atoms in total. The lowest BCUT2D eigenvalue weighted by Crippen LogP contribution is -2.43. The van der Waals surface area contributed by atoms with Crippen LogP contribution in [0.5, 0.6) is 5.75 Å². The molecular formula is C21H22N2O3. The summed E-state index contributed by atoms with van der Waals surface area (Å²) in [5.74, 6) is 0.574. The average Bonchev–Trinajstić information content (AvgIpc) is 3.10. The van der Waals surface area contributed by atoms with E-state index in [1.54, 1.807) is 7.11 Å². The predicted octanol–water partition coefficient (Wildman–Crippen LogP) is 3.13. The number of aromatic amines is 1. The summed E-state index contributed by atoms with van der Waals surface area (Å²) in [6.45, 7) is 0.181. The maximum absolute atomic E-state index is 12.5. The molecule has 0 fully saturated rings. The van der Waals surface area contributed by atoms with Crippen LogP contribution in [0.2, 0.25) is 0 Å². The molecule has 4 rings (SSSR count). The summed E-state index contributed by atoms with van der Waals surface area (Å²) in [5, 5.41) is 15.0. The Hall–Kier alpha value is -2.79. The quantitative estimate of drug-likeness (QED) is 0.677. The first-order valence-corrected chi connectivity index (χ1v) is 8.85. The molecule has 5 heteroatoms. The van der Waals surface area contributed by atoms with Crippen LogP contribution in [0.3, 0.4) is 0 Å². The van der Waals surface area contributed by atoms with E-state index in [1.165, 1.54) is 0 Å². The second-order valence-electron chi connectivity index (χ2n) is 6.86. The van der Waals surface area contributed by atoms with Gasteiger partial charge in [0.15, 0.2) is 0 Å². The Morgan fingerprint density at radius 1 is 1.27 bits per heavy atom. The molecule has 0 saturated carbocycles. The molecule has 134 valence electrons. The number of H-pyrrole nitrogens is 1. The number of hydrogen-bond donors (Lipinski definition) is 3. The highest BCUT2D eigenvalue weighted by Crippen LogP contribution is 2.36. The van der Waals surface area contributed by atoms with Crippen molar-refractivity contribution >= 4 is 16.8 Å². The van der Waals surface area contributed by atoms with Gasteiger partial charge in [0.2, 0.25) is 0 Å². The van der Waals surface area contributed by atoms with Gasteiger partial charge >= 0.3 is 0 Å². The first kappa shape index (κ1) is 16.7. The lowest BCUT2D eigenvalue weighted by atomic mass is 9.79. The molecule has 3 aromatic rings. The molecule has 0 spiro atoms. The van der Waals surface area contributed by atoms with Crippen molar-refractivity contribution in [2.45, 2.75) is 24.9 Å². The fourth-order valence-electron chi connectivity index (χ4n) is 3.76. The van der Waals surface area contributed by atoms with Crippen LogP contribution in [0.15, 0.2) is 48.5 Å². The van der Waals surface area contributed by atoms with E-state index in [1.807, 2.05) is 48.5 Å². The van der Waals surface area contributed by atoms with Crippen LogP contribution in [0.25, 0.3) is 10.9 Å². The lowest BCUT2D eigenvalue weighted by Gasteiger charge is -2.34. The zero-order valence-electron chi connectivity index (χ0n) is 14.7. The summed E-state index contributed by atoms with van der Waals surface area (Å²) in [4.78, 5) is 15.7. The average molecular weight is 350 g/mol. The SMILES string of the molecule is COc1ccc2c(c1)CCCC2(O)CNC(=O)c1cc2ccccc2[nH]1. The van der Waals surface area contributed by atoms with E-state index in [4.69, 9.17) is 4.74 Å². The highest BCUT2D eigenvalue weighted by molar-refractivity contribution is 5.98. The number of aliphatic hydroxyl groups is 1. The minimum absolute atomic E-state index is 0.181. The molecule has 0 saturated heterocycles. The molecule has 0 bridgehead atoms. The highest BCUT2D eigenvalue weighted by Gasteiger charge is 2.35. The van der Waals surface area contributed by atoms with Gasteiger partial charge in [-0.15, -0.1) is 0 Å². The summed E-state index contributed by atoms with van der Waals surface area (Å²) in [7, 11) is 1.64. The van der Waals surface area contributed by atoms with Gasteiger partial charge in [-0.3, -0.25) is 4.79 Å². The number of rotatable bonds is 4. The van der Waals surface area contributed by atoms with E-state index in [0.29, 0.717) is 12.1 Å². The van der Waals surface area contributed by atoms with Crippen molar-refractivity contribution in [3.05, 3.63) is 65.4 Å². The number of aromatic nitrogens is 1. The second-order valence-corrected chi connectivity index (χ2v) is 6.86. The Bertz CT molecular complexity index is 930. The number of amides is 1. The van der Waals surface area contributed by atoms with Crippen molar-refractivity contribution < 1.29 is 14.6 Å².